The van der Waals surface area contributed by atoms with Crippen molar-refractivity contribution < 1.29 is 5.11 Å². The van der Waals surface area contributed by atoms with Crippen LogP contribution in [-0.2, 0) is 0 Å². The number of aliphatic hydroxyl groups is 1. The molecule has 0 saturated carbocycles. The number of thiocarbonyl (C=S) groups is 1. The Morgan fingerprint density at radius 3 is 2.89 bits per heavy atom. The lowest BCUT2D eigenvalue weighted by Crippen LogP contribution is -2.43. The number of rotatable bonds is 2. The molecule has 0 spiro atoms. The highest BCUT2D eigenvalue weighted by Crippen LogP contribution is 2.21. The number of hydrogen-bond donors (Lipinski definition) is 2. The third-order valence-electron chi connectivity index (χ3n) is 3.24. The van der Waals surface area contributed by atoms with Crippen molar-refractivity contribution >= 4 is 23.2 Å². The van der Waals surface area contributed by atoms with Crippen molar-refractivity contribution in [2.45, 2.75) is 26.4 Å². The SMILES string of the molecule is Cc1cc(C(N)=S)nc(N2CCC(O)C(C)C2)n1. The monoisotopic (exact) mass is 266 g/mol. The summed E-state index contributed by atoms with van der Waals surface area (Å²) in [6, 6.07) is 1.79. The Bertz CT molecular complexity index is 465. The molecule has 1 aromatic heterocycles. The molecule has 1 fully saturated rings. The van der Waals surface area contributed by atoms with E-state index < -0.39 is 0 Å². The zero-order valence-corrected chi connectivity index (χ0v) is 11.4. The van der Waals surface area contributed by atoms with Crippen LogP contribution in [0.4, 0.5) is 5.95 Å². The molecule has 0 amide bonds. The van der Waals surface area contributed by atoms with Crippen molar-refractivity contribution in [1.29, 1.82) is 0 Å². The van der Waals surface area contributed by atoms with Gasteiger partial charge >= 0.3 is 0 Å². The molecule has 2 heterocycles. The van der Waals surface area contributed by atoms with Gasteiger partial charge in [-0.2, -0.15) is 0 Å². The van der Waals surface area contributed by atoms with Gasteiger partial charge in [-0.15, -0.1) is 0 Å². The summed E-state index contributed by atoms with van der Waals surface area (Å²) in [4.78, 5) is 11.2. The first-order chi connectivity index (χ1) is 8.47. The van der Waals surface area contributed by atoms with E-state index in [1.165, 1.54) is 0 Å². The van der Waals surface area contributed by atoms with E-state index in [-0.39, 0.29) is 17.0 Å². The van der Waals surface area contributed by atoms with Gasteiger partial charge < -0.3 is 15.7 Å². The van der Waals surface area contributed by atoms with Crippen LogP contribution in [0, 0.1) is 12.8 Å². The van der Waals surface area contributed by atoms with Crippen LogP contribution in [0.1, 0.15) is 24.7 Å². The Morgan fingerprint density at radius 2 is 2.28 bits per heavy atom. The molecule has 2 rings (SSSR count). The van der Waals surface area contributed by atoms with E-state index in [9.17, 15) is 5.11 Å². The minimum atomic E-state index is -0.235. The Labute approximate surface area is 112 Å². The third kappa shape index (κ3) is 2.76. The Hall–Kier alpha value is -1.27. The van der Waals surface area contributed by atoms with Gasteiger partial charge in [0.15, 0.2) is 0 Å². The van der Waals surface area contributed by atoms with E-state index in [4.69, 9.17) is 18.0 Å². The maximum absolute atomic E-state index is 9.73. The molecule has 1 aromatic rings. The smallest absolute Gasteiger partial charge is 0.226 e. The highest BCUT2D eigenvalue weighted by molar-refractivity contribution is 7.80. The van der Waals surface area contributed by atoms with E-state index in [2.05, 4.69) is 14.9 Å². The normalized spacial score (nSPS) is 24.1. The highest BCUT2D eigenvalue weighted by Gasteiger charge is 2.26. The van der Waals surface area contributed by atoms with Crippen molar-refractivity contribution in [3.8, 4) is 0 Å². The minimum absolute atomic E-state index is 0.219. The summed E-state index contributed by atoms with van der Waals surface area (Å²) in [7, 11) is 0. The molecule has 98 valence electrons. The molecule has 1 aliphatic heterocycles. The fourth-order valence-corrected chi connectivity index (χ4v) is 2.24. The van der Waals surface area contributed by atoms with Crippen LogP contribution in [0.25, 0.3) is 0 Å². The Kier molecular flexibility index (Phi) is 3.77. The van der Waals surface area contributed by atoms with Crippen LogP contribution in [0.3, 0.4) is 0 Å². The van der Waals surface area contributed by atoms with E-state index in [1.807, 2.05) is 13.8 Å². The second-order valence-electron chi connectivity index (χ2n) is 4.84. The van der Waals surface area contributed by atoms with Gasteiger partial charge in [0, 0.05) is 18.8 Å². The van der Waals surface area contributed by atoms with Gasteiger partial charge in [-0.1, -0.05) is 19.1 Å². The lowest BCUT2D eigenvalue weighted by molar-refractivity contribution is 0.0966. The summed E-state index contributed by atoms with van der Waals surface area (Å²) < 4.78 is 0. The van der Waals surface area contributed by atoms with Crippen molar-refractivity contribution in [3.05, 3.63) is 17.5 Å². The molecule has 0 bridgehead atoms. The van der Waals surface area contributed by atoms with Gasteiger partial charge in [0.25, 0.3) is 0 Å². The molecule has 1 saturated heterocycles. The number of aryl methyl sites for hydroxylation is 1. The van der Waals surface area contributed by atoms with E-state index in [0.717, 1.165) is 25.2 Å². The number of aromatic nitrogens is 2. The number of piperidine rings is 1. The van der Waals surface area contributed by atoms with E-state index >= 15 is 0 Å². The molecule has 3 N–H and O–H groups in total. The van der Waals surface area contributed by atoms with Crippen LogP contribution in [0.5, 0.6) is 0 Å². The Balaban J connectivity index is 2.25. The van der Waals surface area contributed by atoms with Crippen LogP contribution >= 0.6 is 12.2 Å². The number of nitrogens with two attached hydrogens (primary N) is 1. The molecule has 18 heavy (non-hydrogen) atoms. The molecule has 6 heteroatoms. The molecular formula is C12H18N4OS. The van der Waals surface area contributed by atoms with Gasteiger partial charge in [-0.25, -0.2) is 9.97 Å². The first-order valence-electron chi connectivity index (χ1n) is 6.06. The van der Waals surface area contributed by atoms with Crippen molar-refractivity contribution in [2.24, 2.45) is 11.7 Å². The standard InChI is InChI=1S/C12H18N4OS/c1-7-6-16(4-3-10(7)17)12-14-8(2)5-9(15-12)11(13)18/h5,7,10,17H,3-4,6H2,1-2H3,(H2,13,18). The summed E-state index contributed by atoms with van der Waals surface area (Å²) in [6.07, 6.45) is 0.502. The average molecular weight is 266 g/mol. The number of nitrogens with zero attached hydrogens (tertiary/aromatic N) is 3. The first kappa shape index (κ1) is 13.2. The van der Waals surface area contributed by atoms with Gasteiger partial charge in [0.2, 0.25) is 5.95 Å². The summed E-state index contributed by atoms with van der Waals surface area (Å²) in [6.45, 7) is 5.43. The van der Waals surface area contributed by atoms with E-state index in [0.29, 0.717) is 11.6 Å². The fourth-order valence-electron chi connectivity index (χ4n) is 2.14. The Morgan fingerprint density at radius 1 is 1.56 bits per heavy atom. The second kappa shape index (κ2) is 5.16. The van der Waals surface area contributed by atoms with Gasteiger partial charge in [0.05, 0.1) is 6.10 Å². The zero-order chi connectivity index (χ0) is 13.3. The predicted molar refractivity (Wildman–Crippen MR) is 74.7 cm³/mol. The van der Waals surface area contributed by atoms with Gasteiger partial charge in [-0.3, -0.25) is 0 Å². The quantitative estimate of drug-likeness (QED) is 0.765. The summed E-state index contributed by atoms with van der Waals surface area (Å²) in [5, 5.41) is 9.73. The molecule has 1 aliphatic rings. The zero-order valence-electron chi connectivity index (χ0n) is 10.6. The predicted octanol–water partition coefficient (Wildman–Crippen LogP) is 0.626. The van der Waals surface area contributed by atoms with Crippen LogP contribution in [0.2, 0.25) is 0 Å². The molecule has 2 unspecified atom stereocenters. The molecule has 2 atom stereocenters. The minimum Gasteiger partial charge on any atom is -0.393 e. The number of hydrogen-bond acceptors (Lipinski definition) is 5. The van der Waals surface area contributed by atoms with Crippen molar-refractivity contribution in [3.63, 3.8) is 0 Å². The maximum atomic E-state index is 9.73. The van der Waals surface area contributed by atoms with Crippen LogP contribution in [0.15, 0.2) is 6.07 Å². The lowest BCUT2D eigenvalue weighted by atomic mass is 9.97. The maximum Gasteiger partial charge on any atom is 0.226 e. The van der Waals surface area contributed by atoms with Gasteiger partial charge in [-0.05, 0) is 25.3 Å². The van der Waals surface area contributed by atoms with Crippen LogP contribution in [-0.4, -0.2) is 39.3 Å². The van der Waals surface area contributed by atoms with Gasteiger partial charge in [0.1, 0.15) is 10.7 Å². The fraction of sp³-hybridized carbons (Fsp3) is 0.583. The molecule has 5 nitrogen and oxygen atoms in total. The first-order valence-corrected chi connectivity index (χ1v) is 6.46. The van der Waals surface area contributed by atoms with E-state index in [1.54, 1.807) is 6.07 Å². The molecular weight excluding hydrogens is 248 g/mol. The summed E-state index contributed by atoms with van der Waals surface area (Å²) in [5.41, 5.74) is 7.06. The molecule has 0 aliphatic carbocycles. The largest absolute Gasteiger partial charge is 0.393 e. The van der Waals surface area contributed by atoms with Crippen molar-refractivity contribution in [1.82, 2.24) is 9.97 Å². The third-order valence-corrected chi connectivity index (χ3v) is 3.45. The number of anilines is 1. The summed E-state index contributed by atoms with van der Waals surface area (Å²) >= 11 is 4.95. The van der Waals surface area contributed by atoms with Crippen molar-refractivity contribution in [2.75, 3.05) is 18.0 Å². The topological polar surface area (TPSA) is 75.3 Å². The highest BCUT2D eigenvalue weighted by atomic mass is 32.1. The lowest BCUT2D eigenvalue weighted by Gasteiger charge is -2.34. The average Bonchev–Trinajstić information content (AvgIpc) is 2.31. The summed E-state index contributed by atoms with van der Waals surface area (Å²) in [5.74, 6) is 0.868. The van der Waals surface area contributed by atoms with Crippen LogP contribution < -0.4 is 10.6 Å². The second-order valence-corrected chi connectivity index (χ2v) is 5.28. The molecule has 0 radical (unpaired) electrons. The molecule has 0 aromatic carbocycles. The number of aliphatic hydroxyl groups excluding tert-OH is 1.